The number of hydrogen-bond donors (Lipinski definition) is 0. The largest absolute Gasteiger partial charge is 0.278 e. The first kappa shape index (κ1) is 12.0. The molecule has 0 bridgehead atoms. The Kier molecular flexibility index (Phi) is 3.48. The number of aliphatic imine (C=N–C) groups is 1. The van der Waals surface area contributed by atoms with E-state index in [1.165, 1.54) is 6.07 Å². The van der Waals surface area contributed by atoms with Gasteiger partial charge in [0, 0.05) is 6.07 Å². The summed E-state index contributed by atoms with van der Waals surface area (Å²) in [5, 5.41) is 10.9. The molecule has 0 aliphatic carbocycles. The van der Waals surface area contributed by atoms with Crippen molar-refractivity contribution >= 4 is 17.1 Å². The van der Waals surface area contributed by atoms with Gasteiger partial charge < -0.3 is 0 Å². The van der Waals surface area contributed by atoms with Crippen LogP contribution in [-0.4, -0.2) is 10.6 Å². The van der Waals surface area contributed by atoms with Crippen molar-refractivity contribution in [2.24, 2.45) is 4.99 Å². The van der Waals surface area contributed by atoms with Gasteiger partial charge in [0.2, 0.25) is 0 Å². The normalized spacial score (nSPS) is 11.3. The third kappa shape index (κ3) is 2.60. The van der Waals surface area contributed by atoms with Crippen molar-refractivity contribution in [1.82, 2.24) is 0 Å². The predicted molar refractivity (Wildman–Crippen MR) is 71.4 cm³/mol. The molecule has 0 spiro atoms. The van der Waals surface area contributed by atoms with Crippen molar-refractivity contribution in [3.63, 3.8) is 0 Å². The van der Waals surface area contributed by atoms with Crippen LogP contribution in [0.25, 0.3) is 0 Å². The van der Waals surface area contributed by atoms with E-state index in [2.05, 4.69) is 4.99 Å². The van der Waals surface area contributed by atoms with Crippen molar-refractivity contribution in [3.05, 3.63) is 70.3 Å². The second-order valence-electron chi connectivity index (χ2n) is 3.81. The first-order valence-electron chi connectivity index (χ1n) is 5.52. The molecule has 90 valence electrons. The van der Waals surface area contributed by atoms with Crippen LogP contribution >= 0.6 is 0 Å². The van der Waals surface area contributed by atoms with Crippen molar-refractivity contribution in [3.8, 4) is 0 Å². The lowest BCUT2D eigenvalue weighted by atomic mass is 10.1. The molecule has 0 heterocycles. The molecule has 0 atom stereocenters. The molecule has 0 N–H and O–H groups in total. The summed E-state index contributed by atoms with van der Waals surface area (Å²) >= 11 is 0. The molecule has 4 heteroatoms. The van der Waals surface area contributed by atoms with Crippen molar-refractivity contribution in [2.75, 3.05) is 0 Å². The standard InChI is InChI=1S/C14H12N2O2/c1-11(15-12-7-3-2-4-8-12)13-9-5-6-10-14(13)16(17)18/h2-10H,1H3. The highest BCUT2D eigenvalue weighted by Crippen LogP contribution is 2.20. The second kappa shape index (κ2) is 5.23. The predicted octanol–water partition coefficient (Wildman–Crippen LogP) is 3.74. The van der Waals surface area contributed by atoms with Gasteiger partial charge in [-0.2, -0.15) is 0 Å². The minimum atomic E-state index is -0.390. The fraction of sp³-hybridized carbons (Fsp3) is 0.0714. The molecule has 0 amide bonds. The van der Waals surface area contributed by atoms with Crippen LogP contribution in [0.4, 0.5) is 11.4 Å². The molecular formula is C14H12N2O2. The molecule has 0 unspecified atom stereocenters. The molecule has 2 aromatic carbocycles. The van der Waals surface area contributed by atoms with Gasteiger partial charge in [0.25, 0.3) is 5.69 Å². The average Bonchev–Trinajstić information content (AvgIpc) is 2.40. The van der Waals surface area contributed by atoms with Gasteiger partial charge in [0.15, 0.2) is 0 Å². The second-order valence-corrected chi connectivity index (χ2v) is 3.81. The van der Waals surface area contributed by atoms with E-state index in [0.717, 1.165) is 5.69 Å². The molecular weight excluding hydrogens is 228 g/mol. The lowest BCUT2D eigenvalue weighted by Gasteiger charge is -2.02. The maximum Gasteiger partial charge on any atom is 0.278 e. The number of nitro benzene ring substituents is 1. The molecule has 2 aromatic rings. The number of rotatable bonds is 3. The van der Waals surface area contributed by atoms with Crippen LogP contribution in [-0.2, 0) is 0 Å². The van der Waals surface area contributed by atoms with Gasteiger partial charge in [-0.25, -0.2) is 0 Å². The third-order valence-electron chi connectivity index (χ3n) is 2.54. The van der Waals surface area contributed by atoms with Gasteiger partial charge in [-0.1, -0.05) is 30.3 Å². The first-order chi connectivity index (χ1) is 8.68. The number of hydrogen-bond acceptors (Lipinski definition) is 3. The van der Waals surface area contributed by atoms with Crippen molar-refractivity contribution < 1.29 is 4.92 Å². The van der Waals surface area contributed by atoms with Gasteiger partial charge in [-0.05, 0) is 25.1 Å². The van der Waals surface area contributed by atoms with E-state index in [1.807, 2.05) is 30.3 Å². The Labute approximate surface area is 105 Å². The third-order valence-corrected chi connectivity index (χ3v) is 2.54. The van der Waals surface area contributed by atoms with Gasteiger partial charge in [-0.3, -0.25) is 15.1 Å². The summed E-state index contributed by atoms with van der Waals surface area (Å²) in [7, 11) is 0. The Morgan fingerprint density at radius 3 is 2.33 bits per heavy atom. The number of nitrogens with zero attached hydrogens (tertiary/aromatic N) is 2. The van der Waals surface area contributed by atoms with Crippen LogP contribution < -0.4 is 0 Å². The Hall–Kier alpha value is -2.49. The smallest absolute Gasteiger partial charge is 0.258 e. The summed E-state index contributed by atoms with van der Waals surface area (Å²) in [6, 6.07) is 16.0. The summed E-state index contributed by atoms with van der Waals surface area (Å²) < 4.78 is 0. The number of para-hydroxylation sites is 2. The van der Waals surface area contributed by atoms with Crippen LogP contribution in [0.15, 0.2) is 59.6 Å². The summed E-state index contributed by atoms with van der Waals surface area (Å²) in [4.78, 5) is 14.9. The lowest BCUT2D eigenvalue weighted by molar-refractivity contribution is -0.385. The summed E-state index contributed by atoms with van der Waals surface area (Å²) in [5.41, 5.74) is 2.04. The molecule has 0 saturated heterocycles. The zero-order chi connectivity index (χ0) is 13.0. The SMILES string of the molecule is CC(=Nc1ccccc1)c1ccccc1[N+](=O)[O-]. The van der Waals surface area contributed by atoms with Crippen molar-refractivity contribution in [2.45, 2.75) is 6.92 Å². The Balaban J connectivity index is 2.43. The highest BCUT2D eigenvalue weighted by Gasteiger charge is 2.14. The first-order valence-corrected chi connectivity index (χ1v) is 5.52. The minimum absolute atomic E-state index is 0.0784. The molecule has 0 saturated carbocycles. The quantitative estimate of drug-likeness (QED) is 0.466. The summed E-state index contributed by atoms with van der Waals surface area (Å²) in [6.45, 7) is 1.77. The van der Waals surface area contributed by atoms with Crippen molar-refractivity contribution in [1.29, 1.82) is 0 Å². The van der Waals surface area contributed by atoms with E-state index >= 15 is 0 Å². The van der Waals surface area contributed by atoms with Crippen LogP contribution in [0.3, 0.4) is 0 Å². The van der Waals surface area contributed by atoms with Crippen LogP contribution in [0.2, 0.25) is 0 Å². The molecule has 4 nitrogen and oxygen atoms in total. The van der Waals surface area contributed by atoms with Gasteiger partial charge in [-0.15, -0.1) is 0 Å². The Bertz CT molecular complexity index is 592. The van der Waals surface area contributed by atoms with E-state index in [0.29, 0.717) is 11.3 Å². The van der Waals surface area contributed by atoms with Crippen LogP contribution in [0, 0.1) is 10.1 Å². The topological polar surface area (TPSA) is 55.5 Å². The van der Waals surface area contributed by atoms with E-state index in [9.17, 15) is 10.1 Å². The summed E-state index contributed by atoms with van der Waals surface area (Å²) in [6.07, 6.45) is 0. The Morgan fingerprint density at radius 2 is 1.67 bits per heavy atom. The Morgan fingerprint density at radius 1 is 1.06 bits per heavy atom. The van der Waals surface area contributed by atoms with E-state index in [1.54, 1.807) is 25.1 Å². The molecule has 2 rings (SSSR count). The molecule has 0 aliphatic rings. The zero-order valence-corrected chi connectivity index (χ0v) is 9.91. The monoisotopic (exact) mass is 240 g/mol. The maximum atomic E-state index is 10.9. The minimum Gasteiger partial charge on any atom is -0.258 e. The van der Waals surface area contributed by atoms with Crippen LogP contribution in [0.1, 0.15) is 12.5 Å². The average molecular weight is 240 g/mol. The fourth-order valence-corrected chi connectivity index (χ4v) is 1.70. The van der Waals surface area contributed by atoms with Gasteiger partial charge in [0.1, 0.15) is 0 Å². The molecule has 0 fully saturated rings. The fourth-order valence-electron chi connectivity index (χ4n) is 1.70. The van der Waals surface area contributed by atoms with E-state index in [4.69, 9.17) is 0 Å². The lowest BCUT2D eigenvalue weighted by Crippen LogP contribution is -2.00. The highest BCUT2D eigenvalue weighted by atomic mass is 16.6. The maximum absolute atomic E-state index is 10.9. The van der Waals surface area contributed by atoms with E-state index in [-0.39, 0.29) is 10.6 Å². The summed E-state index contributed by atoms with van der Waals surface area (Å²) in [5.74, 6) is 0. The molecule has 18 heavy (non-hydrogen) atoms. The number of nitro groups is 1. The van der Waals surface area contributed by atoms with Gasteiger partial charge >= 0.3 is 0 Å². The molecule has 0 aromatic heterocycles. The molecule has 0 radical (unpaired) electrons. The number of benzene rings is 2. The van der Waals surface area contributed by atoms with Gasteiger partial charge in [0.05, 0.1) is 21.9 Å². The highest BCUT2D eigenvalue weighted by molar-refractivity contribution is 6.03. The zero-order valence-electron chi connectivity index (χ0n) is 9.91. The molecule has 0 aliphatic heterocycles. The van der Waals surface area contributed by atoms with E-state index < -0.39 is 0 Å². The van der Waals surface area contributed by atoms with Crippen LogP contribution in [0.5, 0.6) is 0 Å².